The maximum atomic E-state index is 13.5. The van der Waals surface area contributed by atoms with Gasteiger partial charge in [0.2, 0.25) is 0 Å². The molecule has 16 heavy (non-hydrogen) atoms. The summed E-state index contributed by atoms with van der Waals surface area (Å²) in [6.07, 6.45) is 2.21. The molecule has 2 aromatic rings. The summed E-state index contributed by atoms with van der Waals surface area (Å²) in [7, 11) is 0. The van der Waals surface area contributed by atoms with Crippen molar-refractivity contribution in [1.82, 2.24) is 9.78 Å². The van der Waals surface area contributed by atoms with Crippen LogP contribution in [0.25, 0.3) is 5.69 Å². The molecule has 1 heterocycles. The Morgan fingerprint density at radius 2 is 2.12 bits per heavy atom. The van der Waals surface area contributed by atoms with E-state index in [0.717, 1.165) is 11.3 Å². The van der Waals surface area contributed by atoms with Gasteiger partial charge in [0.1, 0.15) is 11.5 Å². The van der Waals surface area contributed by atoms with Crippen LogP contribution in [0, 0.1) is 12.7 Å². The number of para-hydroxylation sites is 1. The highest BCUT2D eigenvalue weighted by Gasteiger charge is 2.10. The number of rotatable bonds is 3. The highest BCUT2D eigenvalue weighted by molar-refractivity contribution is 5.36. The molecule has 4 heteroatoms. The Labute approximate surface area is 93.2 Å². The van der Waals surface area contributed by atoms with Crippen LogP contribution in [0.5, 0.6) is 0 Å². The highest BCUT2D eigenvalue weighted by Crippen LogP contribution is 2.16. The summed E-state index contributed by atoms with van der Waals surface area (Å²) in [5, 5.41) is 13.0. The highest BCUT2D eigenvalue weighted by atomic mass is 19.1. The van der Waals surface area contributed by atoms with Crippen LogP contribution in [-0.4, -0.2) is 21.5 Å². The molecule has 3 nitrogen and oxygen atoms in total. The molecule has 1 aromatic carbocycles. The fourth-order valence-electron chi connectivity index (χ4n) is 1.68. The zero-order valence-electron chi connectivity index (χ0n) is 9.02. The molecule has 0 unspecified atom stereocenters. The number of halogens is 1. The van der Waals surface area contributed by atoms with E-state index in [1.54, 1.807) is 29.1 Å². The summed E-state index contributed by atoms with van der Waals surface area (Å²) in [5.74, 6) is -0.302. The van der Waals surface area contributed by atoms with Crippen molar-refractivity contribution in [3.63, 3.8) is 0 Å². The molecule has 0 bridgehead atoms. The molecule has 0 aliphatic rings. The quantitative estimate of drug-likeness (QED) is 0.857. The van der Waals surface area contributed by atoms with Crippen LogP contribution in [-0.2, 0) is 6.42 Å². The first kappa shape index (κ1) is 10.8. The average Bonchev–Trinajstić information content (AvgIpc) is 2.62. The Kier molecular flexibility index (Phi) is 3.01. The second-order valence-electron chi connectivity index (χ2n) is 3.59. The Hall–Kier alpha value is -1.68. The lowest BCUT2D eigenvalue weighted by Gasteiger charge is -2.06. The Bertz CT molecular complexity index is 494. The molecule has 2 rings (SSSR count). The normalized spacial score (nSPS) is 10.7. The van der Waals surface area contributed by atoms with Crippen LogP contribution in [0.3, 0.4) is 0 Å². The van der Waals surface area contributed by atoms with Gasteiger partial charge in [0, 0.05) is 12.3 Å². The van der Waals surface area contributed by atoms with Crippen LogP contribution in [0.4, 0.5) is 4.39 Å². The minimum atomic E-state index is -0.302. The number of aliphatic hydroxyl groups is 1. The van der Waals surface area contributed by atoms with Crippen molar-refractivity contribution in [1.29, 1.82) is 0 Å². The first-order chi connectivity index (χ1) is 7.74. The van der Waals surface area contributed by atoms with Crippen LogP contribution in [0.2, 0.25) is 0 Å². The van der Waals surface area contributed by atoms with Crippen molar-refractivity contribution in [2.75, 3.05) is 6.61 Å². The molecular formula is C12H13FN2O. The van der Waals surface area contributed by atoms with Crippen LogP contribution < -0.4 is 0 Å². The third-order valence-electron chi connectivity index (χ3n) is 2.57. The smallest absolute Gasteiger partial charge is 0.148 e. The average molecular weight is 220 g/mol. The van der Waals surface area contributed by atoms with E-state index in [1.165, 1.54) is 6.07 Å². The van der Waals surface area contributed by atoms with Gasteiger partial charge in [-0.3, -0.25) is 0 Å². The SMILES string of the molecule is Cc1c(CCO)cnn1-c1ccccc1F. The molecule has 0 spiro atoms. The maximum Gasteiger partial charge on any atom is 0.148 e. The molecule has 84 valence electrons. The molecule has 0 aliphatic heterocycles. The number of hydrogen-bond donors (Lipinski definition) is 1. The topological polar surface area (TPSA) is 38.1 Å². The van der Waals surface area contributed by atoms with Gasteiger partial charge >= 0.3 is 0 Å². The standard InChI is InChI=1S/C12H13FN2O/c1-9-10(6-7-16)8-14-15(9)12-5-3-2-4-11(12)13/h2-5,8,16H,6-7H2,1H3. The van der Waals surface area contributed by atoms with Crippen LogP contribution in [0.1, 0.15) is 11.3 Å². The second kappa shape index (κ2) is 4.45. The van der Waals surface area contributed by atoms with E-state index >= 15 is 0 Å². The summed E-state index contributed by atoms with van der Waals surface area (Å²) < 4.78 is 15.1. The Balaban J connectivity index is 2.45. The van der Waals surface area contributed by atoms with Crippen molar-refractivity contribution in [2.24, 2.45) is 0 Å². The predicted molar refractivity (Wildman–Crippen MR) is 59.0 cm³/mol. The minimum absolute atomic E-state index is 0.0732. The number of nitrogens with zero attached hydrogens (tertiary/aromatic N) is 2. The van der Waals surface area contributed by atoms with Gasteiger partial charge in [0.05, 0.1) is 6.20 Å². The van der Waals surface area contributed by atoms with Gasteiger partial charge in [-0.25, -0.2) is 9.07 Å². The summed E-state index contributed by atoms with van der Waals surface area (Å²) in [6.45, 7) is 1.94. The minimum Gasteiger partial charge on any atom is -0.396 e. The zero-order valence-corrected chi connectivity index (χ0v) is 9.02. The van der Waals surface area contributed by atoms with Gasteiger partial charge in [-0.2, -0.15) is 5.10 Å². The first-order valence-electron chi connectivity index (χ1n) is 5.13. The number of aromatic nitrogens is 2. The molecular weight excluding hydrogens is 207 g/mol. The van der Waals surface area contributed by atoms with E-state index in [0.29, 0.717) is 12.1 Å². The maximum absolute atomic E-state index is 13.5. The summed E-state index contributed by atoms with van der Waals surface area (Å²) in [4.78, 5) is 0. The third-order valence-corrected chi connectivity index (χ3v) is 2.57. The summed E-state index contributed by atoms with van der Waals surface area (Å²) in [6, 6.07) is 6.50. The molecule has 0 saturated carbocycles. The van der Waals surface area contributed by atoms with Crippen molar-refractivity contribution in [2.45, 2.75) is 13.3 Å². The molecule has 1 N–H and O–H groups in total. The van der Waals surface area contributed by atoms with E-state index in [4.69, 9.17) is 5.11 Å². The van der Waals surface area contributed by atoms with Gasteiger partial charge < -0.3 is 5.11 Å². The molecule has 0 aliphatic carbocycles. The van der Waals surface area contributed by atoms with Gasteiger partial charge in [-0.1, -0.05) is 12.1 Å². The molecule has 0 saturated heterocycles. The number of hydrogen-bond acceptors (Lipinski definition) is 2. The van der Waals surface area contributed by atoms with Gasteiger partial charge in [0.15, 0.2) is 0 Å². The summed E-state index contributed by atoms with van der Waals surface area (Å²) >= 11 is 0. The molecule has 0 radical (unpaired) electrons. The van der Waals surface area contributed by atoms with E-state index in [2.05, 4.69) is 5.10 Å². The van der Waals surface area contributed by atoms with Crippen molar-refractivity contribution in [3.05, 3.63) is 47.5 Å². The first-order valence-corrected chi connectivity index (χ1v) is 5.13. The van der Waals surface area contributed by atoms with Gasteiger partial charge in [-0.05, 0) is 31.0 Å². The van der Waals surface area contributed by atoms with Crippen LogP contribution >= 0.6 is 0 Å². The molecule has 0 amide bonds. The lowest BCUT2D eigenvalue weighted by atomic mass is 10.2. The van der Waals surface area contributed by atoms with Crippen molar-refractivity contribution < 1.29 is 9.50 Å². The van der Waals surface area contributed by atoms with Gasteiger partial charge in [0.25, 0.3) is 0 Å². The fraction of sp³-hybridized carbons (Fsp3) is 0.250. The van der Waals surface area contributed by atoms with Crippen LogP contribution in [0.15, 0.2) is 30.5 Å². The lowest BCUT2D eigenvalue weighted by Crippen LogP contribution is -2.02. The Morgan fingerprint density at radius 3 is 2.81 bits per heavy atom. The van der Waals surface area contributed by atoms with E-state index < -0.39 is 0 Å². The lowest BCUT2D eigenvalue weighted by molar-refractivity contribution is 0.299. The van der Waals surface area contributed by atoms with Crippen molar-refractivity contribution >= 4 is 0 Å². The summed E-state index contributed by atoms with van der Waals surface area (Å²) in [5.41, 5.74) is 2.23. The number of benzene rings is 1. The zero-order chi connectivity index (χ0) is 11.5. The number of aliphatic hydroxyl groups excluding tert-OH is 1. The largest absolute Gasteiger partial charge is 0.396 e. The van der Waals surface area contributed by atoms with E-state index in [-0.39, 0.29) is 12.4 Å². The third kappa shape index (κ3) is 1.84. The van der Waals surface area contributed by atoms with E-state index in [9.17, 15) is 4.39 Å². The fourth-order valence-corrected chi connectivity index (χ4v) is 1.68. The monoisotopic (exact) mass is 220 g/mol. The Morgan fingerprint density at radius 1 is 1.38 bits per heavy atom. The predicted octanol–water partition coefficient (Wildman–Crippen LogP) is 1.85. The van der Waals surface area contributed by atoms with E-state index in [1.807, 2.05) is 6.92 Å². The van der Waals surface area contributed by atoms with Gasteiger partial charge in [-0.15, -0.1) is 0 Å². The molecule has 1 aromatic heterocycles. The second-order valence-corrected chi connectivity index (χ2v) is 3.59. The molecule has 0 fully saturated rings. The molecule has 0 atom stereocenters. The van der Waals surface area contributed by atoms with Crippen molar-refractivity contribution in [3.8, 4) is 5.69 Å².